The van der Waals surface area contributed by atoms with Gasteiger partial charge in [0.25, 0.3) is 0 Å². The maximum atomic E-state index is 12.4. The standard InChI is InChI=1S/C11H19FO2/c1-2-9-4-3-5-11(8-9,6-7-12)10(13)14/h9H,2-8H2,1H3,(H,13,14). The van der Waals surface area contributed by atoms with Crippen molar-refractivity contribution in [2.75, 3.05) is 6.67 Å². The average Bonchev–Trinajstić information content (AvgIpc) is 2.18. The van der Waals surface area contributed by atoms with E-state index in [0.29, 0.717) is 18.8 Å². The normalized spacial score (nSPS) is 32.9. The lowest BCUT2D eigenvalue weighted by Gasteiger charge is -2.36. The Morgan fingerprint density at radius 2 is 2.36 bits per heavy atom. The molecular formula is C11H19FO2. The van der Waals surface area contributed by atoms with Crippen LogP contribution in [0.2, 0.25) is 0 Å². The van der Waals surface area contributed by atoms with Crippen LogP contribution in [-0.2, 0) is 4.79 Å². The molecule has 1 aliphatic rings. The number of carboxylic acid groups (broad SMARTS) is 1. The van der Waals surface area contributed by atoms with Crippen molar-refractivity contribution in [3.63, 3.8) is 0 Å². The molecular weight excluding hydrogens is 183 g/mol. The molecule has 2 nitrogen and oxygen atoms in total. The molecule has 0 bridgehead atoms. The van der Waals surface area contributed by atoms with E-state index >= 15 is 0 Å². The van der Waals surface area contributed by atoms with Crippen molar-refractivity contribution in [3.05, 3.63) is 0 Å². The first-order valence-corrected chi connectivity index (χ1v) is 5.44. The largest absolute Gasteiger partial charge is 0.481 e. The van der Waals surface area contributed by atoms with E-state index in [1.165, 1.54) is 0 Å². The van der Waals surface area contributed by atoms with Gasteiger partial charge in [-0.05, 0) is 25.2 Å². The lowest BCUT2D eigenvalue weighted by Crippen LogP contribution is -2.36. The SMILES string of the molecule is CCC1CCCC(CCF)(C(=O)O)C1. The smallest absolute Gasteiger partial charge is 0.309 e. The molecule has 3 heteroatoms. The predicted molar refractivity (Wildman–Crippen MR) is 52.9 cm³/mol. The molecule has 1 fully saturated rings. The zero-order valence-corrected chi connectivity index (χ0v) is 8.76. The van der Waals surface area contributed by atoms with Gasteiger partial charge in [0.15, 0.2) is 0 Å². The Morgan fingerprint density at radius 3 is 2.86 bits per heavy atom. The Balaban J connectivity index is 2.70. The molecule has 0 radical (unpaired) electrons. The summed E-state index contributed by atoms with van der Waals surface area (Å²) in [6.45, 7) is 1.57. The van der Waals surface area contributed by atoms with E-state index in [2.05, 4.69) is 6.92 Å². The Hall–Kier alpha value is -0.600. The minimum Gasteiger partial charge on any atom is -0.481 e. The van der Waals surface area contributed by atoms with E-state index in [-0.39, 0.29) is 6.42 Å². The lowest BCUT2D eigenvalue weighted by atomic mass is 9.67. The maximum Gasteiger partial charge on any atom is 0.309 e. The molecule has 0 saturated heterocycles. The molecule has 0 aromatic rings. The first-order chi connectivity index (χ1) is 6.64. The van der Waals surface area contributed by atoms with E-state index in [1.54, 1.807) is 0 Å². The average molecular weight is 202 g/mol. The Kier molecular flexibility index (Phi) is 3.90. The number of hydrogen-bond donors (Lipinski definition) is 1. The molecule has 14 heavy (non-hydrogen) atoms. The first kappa shape index (κ1) is 11.5. The maximum absolute atomic E-state index is 12.4. The Labute approximate surface area is 84.5 Å². The van der Waals surface area contributed by atoms with E-state index in [4.69, 9.17) is 5.11 Å². The highest BCUT2D eigenvalue weighted by Crippen LogP contribution is 2.43. The third-order valence-corrected chi connectivity index (χ3v) is 3.55. The summed E-state index contributed by atoms with van der Waals surface area (Å²) < 4.78 is 12.4. The van der Waals surface area contributed by atoms with E-state index in [0.717, 1.165) is 19.3 Å². The van der Waals surface area contributed by atoms with E-state index in [1.807, 2.05) is 0 Å². The molecule has 1 N–H and O–H groups in total. The third-order valence-electron chi connectivity index (χ3n) is 3.55. The number of carboxylic acids is 1. The van der Waals surface area contributed by atoms with Gasteiger partial charge >= 0.3 is 5.97 Å². The quantitative estimate of drug-likeness (QED) is 0.760. The van der Waals surface area contributed by atoms with E-state index in [9.17, 15) is 9.18 Å². The van der Waals surface area contributed by atoms with Gasteiger partial charge in [-0.3, -0.25) is 9.18 Å². The van der Waals surface area contributed by atoms with Crippen molar-refractivity contribution in [2.45, 2.75) is 45.4 Å². The molecule has 0 aromatic heterocycles. The predicted octanol–water partition coefficient (Wildman–Crippen LogP) is 3.02. The fourth-order valence-corrected chi connectivity index (χ4v) is 2.54. The fourth-order valence-electron chi connectivity index (χ4n) is 2.54. The highest BCUT2D eigenvalue weighted by molar-refractivity contribution is 5.74. The Morgan fingerprint density at radius 1 is 1.64 bits per heavy atom. The van der Waals surface area contributed by atoms with Gasteiger partial charge in [0.2, 0.25) is 0 Å². The van der Waals surface area contributed by atoms with Gasteiger partial charge in [-0.2, -0.15) is 0 Å². The first-order valence-electron chi connectivity index (χ1n) is 5.44. The minimum atomic E-state index is -0.798. The van der Waals surface area contributed by atoms with Crippen LogP contribution in [0, 0.1) is 11.3 Å². The van der Waals surface area contributed by atoms with Gasteiger partial charge in [-0.15, -0.1) is 0 Å². The molecule has 2 unspecified atom stereocenters. The van der Waals surface area contributed by atoms with Crippen LogP contribution in [0.25, 0.3) is 0 Å². The van der Waals surface area contributed by atoms with Gasteiger partial charge < -0.3 is 5.11 Å². The number of hydrogen-bond acceptors (Lipinski definition) is 1. The summed E-state index contributed by atoms with van der Waals surface area (Å²) in [5, 5.41) is 9.17. The number of rotatable bonds is 4. The topological polar surface area (TPSA) is 37.3 Å². The second-order valence-electron chi connectivity index (χ2n) is 4.40. The molecule has 0 spiro atoms. The summed E-state index contributed by atoms with van der Waals surface area (Å²) in [4.78, 5) is 11.2. The summed E-state index contributed by atoms with van der Waals surface area (Å²) >= 11 is 0. The highest BCUT2D eigenvalue weighted by Gasteiger charge is 2.41. The summed E-state index contributed by atoms with van der Waals surface area (Å²) in [5.74, 6) is -0.320. The van der Waals surface area contributed by atoms with Gasteiger partial charge in [0.1, 0.15) is 0 Å². The Bertz CT molecular complexity index is 201. The third kappa shape index (κ3) is 2.25. The van der Waals surface area contributed by atoms with Crippen LogP contribution in [0.4, 0.5) is 4.39 Å². The van der Waals surface area contributed by atoms with Crippen LogP contribution >= 0.6 is 0 Å². The molecule has 0 heterocycles. The van der Waals surface area contributed by atoms with Gasteiger partial charge in [0.05, 0.1) is 12.1 Å². The zero-order chi connectivity index (χ0) is 10.6. The second kappa shape index (κ2) is 4.76. The van der Waals surface area contributed by atoms with Gasteiger partial charge in [0, 0.05) is 0 Å². The minimum absolute atomic E-state index is 0.193. The van der Waals surface area contributed by atoms with E-state index < -0.39 is 18.1 Å². The summed E-state index contributed by atoms with van der Waals surface area (Å²) in [6.07, 6.45) is 4.58. The summed E-state index contributed by atoms with van der Waals surface area (Å²) in [7, 11) is 0. The molecule has 1 rings (SSSR count). The molecule has 0 amide bonds. The van der Waals surface area contributed by atoms with Crippen LogP contribution in [0.15, 0.2) is 0 Å². The molecule has 82 valence electrons. The van der Waals surface area contributed by atoms with Crippen LogP contribution in [0.5, 0.6) is 0 Å². The van der Waals surface area contributed by atoms with Crippen LogP contribution in [0.3, 0.4) is 0 Å². The summed E-state index contributed by atoms with van der Waals surface area (Å²) in [6, 6.07) is 0. The van der Waals surface area contributed by atoms with Gasteiger partial charge in [-0.25, -0.2) is 0 Å². The van der Waals surface area contributed by atoms with Crippen molar-refractivity contribution in [2.24, 2.45) is 11.3 Å². The van der Waals surface area contributed by atoms with Crippen molar-refractivity contribution in [1.29, 1.82) is 0 Å². The van der Waals surface area contributed by atoms with Crippen LogP contribution in [-0.4, -0.2) is 17.8 Å². The molecule has 0 aliphatic heterocycles. The van der Waals surface area contributed by atoms with Crippen LogP contribution in [0.1, 0.15) is 45.4 Å². The molecule has 1 aliphatic carbocycles. The van der Waals surface area contributed by atoms with Crippen LogP contribution < -0.4 is 0 Å². The number of alkyl halides is 1. The van der Waals surface area contributed by atoms with Gasteiger partial charge in [-0.1, -0.05) is 26.2 Å². The van der Waals surface area contributed by atoms with Crippen molar-refractivity contribution < 1.29 is 14.3 Å². The highest BCUT2D eigenvalue weighted by atomic mass is 19.1. The van der Waals surface area contributed by atoms with Crippen molar-refractivity contribution in [3.8, 4) is 0 Å². The zero-order valence-electron chi connectivity index (χ0n) is 8.76. The number of aliphatic carboxylic acids is 1. The molecule has 0 aromatic carbocycles. The summed E-state index contributed by atoms with van der Waals surface area (Å²) in [5.41, 5.74) is -0.756. The fraction of sp³-hybridized carbons (Fsp3) is 0.909. The number of halogens is 1. The number of carbonyl (C=O) groups is 1. The van der Waals surface area contributed by atoms with Crippen molar-refractivity contribution >= 4 is 5.97 Å². The second-order valence-corrected chi connectivity index (χ2v) is 4.40. The molecule has 2 atom stereocenters. The molecule has 1 saturated carbocycles. The lowest BCUT2D eigenvalue weighted by molar-refractivity contribution is -0.153. The monoisotopic (exact) mass is 202 g/mol. The van der Waals surface area contributed by atoms with Crippen molar-refractivity contribution in [1.82, 2.24) is 0 Å².